The molecule has 6 heteroatoms. The maximum absolute atomic E-state index is 6.47. The molecule has 6 nitrogen and oxygen atoms in total. The Bertz CT molecular complexity index is 1290. The van der Waals surface area contributed by atoms with E-state index in [1.54, 1.807) is 0 Å². The normalized spacial score (nSPS) is 16.5. The van der Waals surface area contributed by atoms with Crippen LogP contribution in [0.3, 0.4) is 0 Å². The number of aromatic amines is 1. The van der Waals surface area contributed by atoms with E-state index in [1.165, 1.54) is 29.7 Å². The van der Waals surface area contributed by atoms with E-state index >= 15 is 0 Å². The van der Waals surface area contributed by atoms with Gasteiger partial charge in [0.1, 0.15) is 5.82 Å². The van der Waals surface area contributed by atoms with Crippen LogP contribution in [-0.4, -0.2) is 33.3 Å². The molecule has 2 aromatic heterocycles. The topological polar surface area (TPSA) is 83.7 Å². The van der Waals surface area contributed by atoms with Crippen molar-refractivity contribution in [2.75, 3.05) is 23.7 Å². The minimum atomic E-state index is 0.504. The number of fused-ring (bicyclic) bond motifs is 1. The Labute approximate surface area is 180 Å². The quantitative estimate of drug-likeness (QED) is 0.508. The second-order valence-electron chi connectivity index (χ2n) is 8.38. The summed E-state index contributed by atoms with van der Waals surface area (Å²) in [6, 6.07) is 18.8. The number of aromatic nitrogens is 4. The van der Waals surface area contributed by atoms with Crippen LogP contribution in [0.5, 0.6) is 0 Å². The fourth-order valence-corrected chi connectivity index (χ4v) is 4.40. The summed E-state index contributed by atoms with van der Waals surface area (Å²) >= 11 is 0. The minimum absolute atomic E-state index is 0.504. The largest absolute Gasteiger partial charge is 0.383 e. The van der Waals surface area contributed by atoms with Crippen molar-refractivity contribution in [3.05, 3.63) is 71.9 Å². The van der Waals surface area contributed by atoms with Gasteiger partial charge in [0.05, 0.1) is 16.6 Å². The maximum Gasteiger partial charge on any atom is 0.228 e. The molecular weight excluding hydrogens is 384 g/mol. The van der Waals surface area contributed by atoms with E-state index in [2.05, 4.69) is 62.6 Å². The number of H-pyrrole nitrogens is 1. The van der Waals surface area contributed by atoms with Crippen molar-refractivity contribution in [2.45, 2.75) is 25.2 Å². The maximum atomic E-state index is 6.47. The molecule has 0 spiro atoms. The minimum Gasteiger partial charge on any atom is -0.383 e. The fourth-order valence-electron chi connectivity index (χ4n) is 4.40. The molecule has 0 amide bonds. The predicted octanol–water partition coefficient (Wildman–Crippen LogP) is 4.77. The van der Waals surface area contributed by atoms with Gasteiger partial charge in [-0.15, -0.1) is 0 Å². The number of benzene rings is 2. The van der Waals surface area contributed by atoms with Crippen LogP contribution >= 0.6 is 0 Å². The standard InChI is InChI=1S/C25H24N6/c26-24-23-19(22-15-21(29-30-22)18-9-10-18)7-4-8-20(23)27-25(28-24)31-13-11-17(12-14-31)16-5-2-1-3-6-16/h1-8,11,15,18H,9-10,12-14H2,(H,29,30)(H2,26,27,28). The van der Waals surface area contributed by atoms with Crippen LogP contribution in [0, 0.1) is 0 Å². The highest BCUT2D eigenvalue weighted by Gasteiger charge is 2.26. The van der Waals surface area contributed by atoms with Gasteiger partial charge in [0.15, 0.2) is 0 Å². The van der Waals surface area contributed by atoms with Crippen LogP contribution < -0.4 is 10.6 Å². The number of nitrogens with two attached hydrogens (primary N) is 1. The summed E-state index contributed by atoms with van der Waals surface area (Å²) in [5.74, 6) is 1.82. The molecule has 154 valence electrons. The highest BCUT2D eigenvalue weighted by Crippen LogP contribution is 2.41. The van der Waals surface area contributed by atoms with Crippen LogP contribution in [0.1, 0.15) is 36.4 Å². The molecule has 2 aromatic carbocycles. The van der Waals surface area contributed by atoms with Gasteiger partial charge in [-0.05, 0) is 42.5 Å². The summed E-state index contributed by atoms with van der Waals surface area (Å²) < 4.78 is 0. The third-order valence-corrected chi connectivity index (χ3v) is 6.27. The molecule has 1 saturated carbocycles. The van der Waals surface area contributed by atoms with Gasteiger partial charge in [0, 0.05) is 30.3 Å². The number of nitrogens with one attached hydrogen (secondary N) is 1. The first-order valence-corrected chi connectivity index (χ1v) is 10.9. The summed E-state index contributed by atoms with van der Waals surface area (Å²) in [5.41, 5.74) is 13.1. The van der Waals surface area contributed by atoms with Crippen LogP contribution in [0.4, 0.5) is 11.8 Å². The average Bonchev–Trinajstić information content (AvgIpc) is 3.56. The second kappa shape index (κ2) is 7.23. The smallest absolute Gasteiger partial charge is 0.228 e. The van der Waals surface area contributed by atoms with Crippen molar-refractivity contribution >= 4 is 28.2 Å². The Balaban J connectivity index is 1.32. The molecule has 3 heterocycles. The lowest BCUT2D eigenvalue weighted by atomic mass is 10.00. The van der Waals surface area contributed by atoms with Crippen LogP contribution in [0.25, 0.3) is 27.7 Å². The van der Waals surface area contributed by atoms with Crippen molar-refractivity contribution < 1.29 is 0 Å². The van der Waals surface area contributed by atoms with Crippen molar-refractivity contribution in [3.8, 4) is 11.3 Å². The van der Waals surface area contributed by atoms with E-state index in [4.69, 9.17) is 10.7 Å². The average molecular weight is 409 g/mol. The highest BCUT2D eigenvalue weighted by atomic mass is 15.3. The highest BCUT2D eigenvalue weighted by molar-refractivity contribution is 6.01. The number of rotatable bonds is 4. The van der Waals surface area contributed by atoms with E-state index in [0.29, 0.717) is 17.7 Å². The molecule has 4 aromatic rings. The molecule has 0 unspecified atom stereocenters. The lowest BCUT2D eigenvalue weighted by Crippen LogP contribution is -2.30. The molecule has 0 bridgehead atoms. The van der Waals surface area contributed by atoms with Gasteiger partial charge in [-0.2, -0.15) is 10.1 Å². The summed E-state index contributed by atoms with van der Waals surface area (Å²) in [5, 5.41) is 8.59. The molecule has 0 atom stereocenters. The molecule has 0 radical (unpaired) electrons. The van der Waals surface area contributed by atoms with Gasteiger partial charge >= 0.3 is 0 Å². The zero-order valence-electron chi connectivity index (χ0n) is 17.3. The number of nitrogen functional groups attached to an aromatic ring is 1. The number of anilines is 2. The van der Waals surface area contributed by atoms with Crippen LogP contribution in [0.2, 0.25) is 0 Å². The SMILES string of the molecule is Nc1nc(N2CC=C(c3ccccc3)CC2)nc2cccc(-c3cc(C4CC4)[nH]n3)c12. The van der Waals surface area contributed by atoms with E-state index in [-0.39, 0.29) is 0 Å². The first-order valence-electron chi connectivity index (χ1n) is 10.9. The lowest BCUT2D eigenvalue weighted by molar-refractivity contribution is 0.801. The molecule has 2 aliphatic rings. The third kappa shape index (κ3) is 3.34. The number of hydrogen-bond acceptors (Lipinski definition) is 5. The second-order valence-corrected chi connectivity index (χ2v) is 8.38. The van der Waals surface area contributed by atoms with Gasteiger partial charge in [-0.25, -0.2) is 4.98 Å². The van der Waals surface area contributed by atoms with Gasteiger partial charge < -0.3 is 10.6 Å². The number of hydrogen-bond donors (Lipinski definition) is 2. The van der Waals surface area contributed by atoms with Crippen molar-refractivity contribution in [1.29, 1.82) is 0 Å². The van der Waals surface area contributed by atoms with E-state index in [0.717, 1.165) is 41.7 Å². The van der Waals surface area contributed by atoms with E-state index in [1.807, 2.05) is 18.2 Å². The number of nitrogens with zero attached hydrogens (tertiary/aromatic N) is 4. The van der Waals surface area contributed by atoms with Gasteiger partial charge in [0.25, 0.3) is 0 Å². The first-order chi connectivity index (χ1) is 15.3. The van der Waals surface area contributed by atoms with Crippen molar-refractivity contribution in [2.24, 2.45) is 0 Å². The predicted molar refractivity (Wildman–Crippen MR) is 125 cm³/mol. The molecule has 6 rings (SSSR count). The van der Waals surface area contributed by atoms with Gasteiger partial charge in [-0.3, -0.25) is 5.10 Å². The molecule has 3 N–H and O–H groups in total. The third-order valence-electron chi connectivity index (χ3n) is 6.27. The van der Waals surface area contributed by atoms with Crippen molar-refractivity contribution in [1.82, 2.24) is 20.2 Å². The Morgan fingerprint density at radius 2 is 1.87 bits per heavy atom. The fraction of sp³-hybridized carbons (Fsp3) is 0.240. The Morgan fingerprint density at radius 3 is 2.65 bits per heavy atom. The summed E-state index contributed by atoms with van der Waals surface area (Å²) in [6.45, 7) is 1.65. The molecule has 0 saturated heterocycles. The molecule has 1 fully saturated rings. The summed E-state index contributed by atoms with van der Waals surface area (Å²) in [4.78, 5) is 11.7. The van der Waals surface area contributed by atoms with E-state index < -0.39 is 0 Å². The zero-order valence-corrected chi connectivity index (χ0v) is 17.3. The Hall–Kier alpha value is -3.67. The van der Waals surface area contributed by atoms with Crippen LogP contribution in [0.15, 0.2) is 60.7 Å². The summed E-state index contributed by atoms with van der Waals surface area (Å²) in [6.07, 6.45) is 5.70. The van der Waals surface area contributed by atoms with Crippen LogP contribution in [-0.2, 0) is 0 Å². The van der Waals surface area contributed by atoms with Gasteiger partial charge in [0.2, 0.25) is 5.95 Å². The zero-order chi connectivity index (χ0) is 20.8. The molecule has 1 aliphatic carbocycles. The lowest BCUT2D eigenvalue weighted by Gasteiger charge is -2.27. The van der Waals surface area contributed by atoms with Crippen molar-refractivity contribution in [3.63, 3.8) is 0 Å². The molecule has 31 heavy (non-hydrogen) atoms. The van der Waals surface area contributed by atoms with Gasteiger partial charge in [-0.1, -0.05) is 48.5 Å². The Kier molecular flexibility index (Phi) is 4.23. The Morgan fingerprint density at radius 1 is 1.00 bits per heavy atom. The monoisotopic (exact) mass is 408 g/mol. The van der Waals surface area contributed by atoms with E-state index in [9.17, 15) is 0 Å². The summed E-state index contributed by atoms with van der Waals surface area (Å²) in [7, 11) is 0. The molecular formula is C25H24N6. The molecule has 1 aliphatic heterocycles. The first kappa shape index (κ1) is 18.1.